The average molecular weight is 270 g/mol. The lowest BCUT2D eigenvalue weighted by Gasteiger charge is -2.15. The van der Waals surface area contributed by atoms with Crippen LogP contribution >= 0.6 is 0 Å². The van der Waals surface area contributed by atoms with E-state index in [1.807, 2.05) is 6.92 Å². The summed E-state index contributed by atoms with van der Waals surface area (Å²) in [5.41, 5.74) is 0. The summed E-state index contributed by atoms with van der Waals surface area (Å²) in [5, 5.41) is 22.3. The van der Waals surface area contributed by atoms with Gasteiger partial charge in [0.15, 0.2) is 0 Å². The molecule has 106 valence electrons. The van der Waals surface area contributed by atoms with E-state index < -0.39 is 11.0 Å². The highest BCUT2D eigenvalue weighted by atomic mass is 16.6. The van der Waals surface area contributed by atoms with Crippen LogP contribution in [0.15, 0.2) is 12.5 Å². The van der Waals surface area contributed by atoms with Crippen molar-refractivity contribution in [3.63, 3.8) is 0 Å². The minimum atomic E-state index is -0.582. The lowest BCUT2D eigenvalue weighted by Crippen LogP contribution is -2.35. The predicted octanol–water partition coefficient (Wildman–Crippen LogP) is 0.457. The van der Waals surface area contributed by atoms with Gasteiger partial charge in [-0.3, -0.25) is 4.79 Å². The summed E-state index contributed by atoms with van der Waals surface area (Å²) in [4.78, 5) is 25.0. The van der Waals surface area contributed by atoms with Crippen LogP contribution in [0.25, 0.3) is 0 Å². The summed E-state index contributed by atoms with van der Waals surface area (Å²) >= 11 is 0. The molecule has 1 rings (SSSR count). The van der Waals surface area contributed by atoms with Crippen molar-refractivity contribution >= 4 is 11.7 Å². The van der Waals surface area contributed by atoms with Crippen molar-refractivity contribution in [2.24, 2.45) is 0 Å². The third-order valence-electron chi connectivity index (χ3n) is 2.51. The minimum Gasteiger partial charge on any atom is -0.393 e. The van der Waals surface area contributed by atoms with Crippen molar-refractivity contribution in [2.45, 2.75) is 45.4 Å². The molecular weight excluding hydrogens is 252 g/mol. The van der Waals surface area contributed by atoms with E-state index in [1.165, 1.54) is 17.1 Å². The van der Waals surface area contributed by atoms with Gasteiger partial charge in [-0.1, -0.05) is 0 Å². The summed E-state index contributed by atoms with van der Waals surface area (Å²) < 4.78 is 1.50. The zero-order valence-corrected chi connectivity index (χ0v) is 10.9. The van der Waals surface area contributed by atoms with E-state index in [1.54, 1.807) is 6.92 Å². The Kier molecular flexibility index (Phi) is 5.43. The second-order valence-electron chi connectivity index (χ2n) is 4.53. The van der Waals surface area contributed by atoms with Gasteiger partial charge >= 0.3 is 5.82 Å². The molecule has 0 aliphatic carbocycles. The number of nitro groups is 1. The molecule has 0 fully saturated rings. The van der Waals surface area contributed by atoms with E-state index in [2.05, 4.69) is 10.3 Å². The number of nitrogens with one attached hydrogen (secondary N) is 1. The summed E-state index contributed by atoms with van der Waals surface area (Å²) in [7, 11) is 0. The zero-order valence-electron chi connectivity index (χ0n) is 10.9. The number of carbonyl (C=O) groups is 1. The maximum Gasteiger partial charge on any atom is 0.381 e. The molecule has 1 aromatic rings. The van der Waals surface area contributed by atoms with Crippen LogP contribution < -0.4 is 5.32 Å². The number of carbonyl (C=O) groups excluding carboxylic acids is 1. The van der Waals surface area contributed by atoms with Crippen molar-refractivity contribution in [2.75, 3.05) is 0 Å². The molecule has 1 amide bonds. The molecule has 0 saturated heterocycles. The molecule has 2 atom stereocenters. The molecule has 1 aromatic heterocycles. The molecule has 0 bridgehead atoms. The number of nitrogens with zero attached hydrogens (tertiary/aromatic N) is 3. The fourth-order valence-electron chi connectivity index (χ4n) is 1.71. The van der Waals surface area contributed by atoms with E-state index in [0.29, 0.717) is 13.0 Å². The van der Waals surface area contributed by atoms with E-state index in [0.717, 1.165) is 0 Å². The summed E-state index contributed by atoms with van der Waals surface area (Å²) in [6.07, 6.45) is 2.84. The van der Waals surface area contributed by atoms with Gasteiger partial charge in [0, 0.05) is 19.0 Å². The number of hydrogen-bond donors (Lipinski definition) is 2. The molecule has 0 spiro atoms. The zero-order chi connectivity index (χ0) is 14.4. The highest BCUT2D eigenvalue weighted by Gasteiger charge is 2.12. The average Bonchev–Trinajstić information content (AvgIpc) is 2.73. The van der Waals surface area contributed by atoms with Crippen molar-refractivity contribution in [3.05, 3.63) is 22.6 Å². The van der Waals surface area contributed by atoms with Gasteiger partial charge in [-0.25, -0.2) is 0 Å². The van der Waals surface area contributed by atoms with E-state index in [9.17, 15) is 20.0 Å². The summed E-state index contributed by atoms with van der Waals surface area (Å²) in [5.74, 6) is -0.396. The number of aryl methyl sites for hydroxylation is 1. The first kappa shape index (κ1) is 15.1. The monoisotopic (exact) mass is 270 g/mol. The quantitative estimate of drug-likeness (QED) is 0.552. The van der Waals surface area contributed by atoms with Crippen LogP contribution in [0.5, 0.6) is 0 Å². The lowest BCUT2D eigenvalue weighted by atomic mass is 10.1. The van der Waals surface area contributed by atoms with Gasteiger partial charge in [0.25, 0.3) is 0 Å². The molecule has 0 radical (unpaired) electrons. The molecule has 0 aliphatic rings. The Morgan fingerprint density at radius 3 is 2.84 bits per heavy atom. The predicted molar refractivity (Wildman–Crippen MR) is 67.4 cm³/mol. The van der Waals surface area contributed by atoms with Gasteiger partial charge in [0.1, 0.15) is 6.20 Å². The SMILES string of the molecule is CC(O)CC(C)NC(=O)CCn1cnc([N+](=O)[O-])c1. The highest BCUT2D eigenvalue weighted by molar-refractivity contribution is 5.76. The fourth-order valence-corrected chi connectivity index (χ4v) is 1.71. The Morgan fingerprint density at radius 1 is 1.63 bits per heavy atom. The number of amides is 1. The first-order valence-electron chi connectivity index (χ1n) is 6.02. The van der Waals surface area contributed by atoms with Crippen LogP contribution in [0.1, 0.15) is 26.7 Å². The van der Waals surface area contributed by atoms with Crippen molar-refractivity contribution in [1.82, 2.24) is 14.9 Å². The molecular formula is C11H18N4O4. The van der Waals surface area contributed by atoms with Gasteiger partial charge in [0.2, 0.25) is 12.2 Å². The Labute approximate surface area is 110 Å². The molecule has 8 heteroatoms. The van der Waals surface area contributed by atoms with E-state index >= 15 is 0 Å². The van der Waals surface area contributed by atoms with Crippen molar-refractivity contribution in [3.8, 4) is 0 Å². The largest absolute Gasteiger partial charge is 0.393 e. The first-order chi connectivity index (χ1) is 8.88. The molecule has 19 heavy (non-hydrogen) atoms. The third-order valence-corrected chi connectivity index (χ3v) is 2.51. The topological polar surface area (TPSA) is 110 Å². The van der Waals surface area contributed by atoms with Crippen LogP contribution in [0.4, 0.5) is 5.82 Å². The Morgan fingerprint density at radius 2 is 2.32 bits per heavy atom. The lowest BCUT2D eigenvalue weighted by molar-refractivity contribution is -0.389. The van der Waals surface area contributed by atoms with Crippen molar-refractivity contribution in [1.29, 1.82) is 0 Å². The van der Waals surface area contributed by atoms with Gasteiger partial charge < -0.3 is 25.1 Å². The van der Waals surface area contributed by atoms with Crippen LogP contribution in [-0.4, -0.2) is 37.6 Å². The Bertz CT molecular complexity index is 444. The third kappa shape index (κ3) is 5.47. The molecule has 0 saturated carbocycles. The molecule has 2 N–H and O–H groups in total. The maximum absolute atomic E-state index is 11.6. The fraction of sp³-hybridized carbons (Fsp3) is 0.636. The van der Waals surface area contributed by atoms with Crippen LogP contribution in [0.2, 0.25) is 0 Å². The van der Waals surface area contributed by atoms with E-state index in [-0.39, 0.29) is 24.2 Å². The number of imidazole rings is 1. The minimum absolute atomic E-state index is 0.107. The first-order valence-corrected chi connectivity index (χ1v) is 6.02. The molecule has 0 aromatic carbocycles. The normalized spacial score (nSPS) is 13.8. The van der Waals surface area contributed by atoms with Gasteiger partial charge in [0.05, 0.1) is 6.10 Å². The highest BCUT2D eigenvalue weighted by Crippen LogP contribution is 2.06. The Balaban J connectivity index is 2.35. The second kappa shape index (κ2) is 6.83. The van der Waals surface area contributed by atoms with Crippen LogP contribution in [0, 0.1) is 10.1 Å². The van der Waals surface area contributed by atoms with Crippen LogP contribution in [-0.2, 0) is 11.3 Å². The Hall–Kier alpha value is -1.96. The number of hydrogen-bond acceptors (Lipinski definition) is 5. The summed E-state index contributed by atoms with van der Waals surface area (Å²) in [6.45, 7) is 3.80. The number of aliphatic hydroxyl groups excluding tert-OH is 1. The molecule has 1 heterocycles. The molecule has 8 nitrogen and oxygen atoms in total. The second-order valence-corrected chi connectivity index (χ2v) is 4.53. The number of aromatic nitrogens is 2. The molecule has 0 aliphatic heterocycles. The number of aliphatic hydroxyl groups is 1. The van der Waals surface area contributed by atoms with Gasteiger partial charge in [-0.15, -0.1) is 0 Å². The number of rotatable bonds is 7. The molecule has 2 unspecified atom stereocenters. The standard InChI is InChI=1S/C11H18N4O4/c1-8(5-9(2)16)13-11(17)3-4-14-6-10(12-7-14)15(18)19/h6-9,16H,3-5H2,1-2H3,(H,13,17). The summed E-state index contributed by atoms with van der Waals surface area (Å²) in [6, 6.07) is -0.107. The maximum atomic E-state index is 11.6. The van der Waals surface area contributed by atoms with Crippen LogP contribution in [0.3, 0.4) is 0 Å². The smallest absolute Gasteiger partial charge is 0.381 e. The van der Waals surface area contributed by atoms with Crippen molar-refractivity contribution < 1.29 is 14.8 Å². The van der Waals surface area contributed by atoms with Gasteiger partial charge in [-0.2, -0.15) is 0 Å². The van der Waals surface area contributed by atoms with E-state index in [4.69, 9.17) is 0 Å². The van der Waals surface area contributed by atoms with Gasteiger partial charge in [-0.05, 0) is 30.2 Å².